The van der Waals surface area contributed by atoms with Gasteiger partial charge >= 0.3 is 0 Å². The molecule has 0 amide bonds. The van der Waals surface area contributed by atoms with Crippen LogP contribution in [0.2, 0.25) is 0 Å². The highest BCUT2D eigenvalue weighted by Gasteiger charge is 2.17. The number of hydrogen-bond acceptors (Lipinski definition) is 5. The molecule has 0 bridgehead atoms. The quantitative estimate of drug-likeness (QED) is 0.630. The zero-order valence-electron chi connectivity index (χ0n) is 9.86. The van der Waals surface area contributed by atoms with Crippen molar-refractivity contribution in [3.8, 4) is 11.5 Å². The Hall–Kier alpha value is -3.03. The number of hydrogen-bond donors (Lipinski definition) is 0. The number of halogens is 1. The van der Waals surface area contributed by atoms with Crippen LogP contribution in [0.15, 0.2) is 42.5 Å². The third-order valence-electron chi connectivity index (χ3n) is 2.35. The molecule has 20 heavy (non-hydrogen) atoms. The molecule has 0 unspecified atom stereocenters. The molecule has 0 radical (unpaired) electrons. The molecule has 0 fully saturated rings. The molecule has 0 atom stereocenters. The Bertz CT molecular complexity index is 640. The molecule has 8 heteroatoms. The fourth-order valence-electron chi connectivity index (χ4n) is 1.48. The topological polar surface area (TPSA) is 95.5 Å². The summed E-state index contributed by atoms with van der Waals surface area (Å²) in [6.45, 7) is 0. The van der Waals surface area contributed by atoms with Crippen LogP contribution >= 0.6 is 0 Å². The van der Waals surface area contributed by atoms with E-state index in [9.17, 15) is 24.6 Å². The number of rotatable bonds is 4. The van der Waals surface area contributed by atoms with E-state index < -0.39 is 27.0 Å². The fraction of sp³-hybridized carbons (Fsp3) is 0. The molecule has 2 aromatic carbocycles. The van der Waals surface area contributed by atoms with Gasteiger partial charge in [-0.1, -0.05) is 0 Å². The Morgan fingerprint density at radius 2 is 1.35 bits per heavy atom. The molecule has 0 aliphatic heterocycles. The molecule has 0 spiro atoms. The Kier molecular flexibility index (Phi) is 3.56. The molecule has 2 rings (SSSR count). The molecule has 0 saturated heterocycles. The van der Waals surface area contributed by atoms with Crippen LogP contribution in [0.1, 0.15) is 0 Å². The predicted molar refractivity (Wildman–Crippen MR) is 66.2 cm³/mol. The summed E-state index contributed by atoms with van der Waals surface area (Å²) in [6.07, 6.45) is 0. The van der Waals surface area contributed by atoms with Crippen molar-refractivity contribution in [3.63, 3.8) is 0 Å². The van der Waals surface area contributed by atoms with Gasteiger partial charge < -0.3 is 4.74 Å². The van der Waals surface area contributed by atoms with Crippen molar-refractivity contribution in [3.05, 3.63) is 68.5 Å². The largest absolute Gasteiger partial charge is 0.457 e. The van der Waals surface area contributed by atoms with Gasteiger partial charge in [-0.25, -0.2) is 4.39 Å². The lowest BCUT2D eigenvalue weighted by atomic mass is 10.2. The fourth-order valence-corrected chi connectivity index (χ4v) is 1.48. The molecule has 2 aromatic rings. The second-order valence-electron chi connectivity index (χ2n) is 3.76. The summed E-state index contributed by atoms with van der Waals surface area (Å²) in [7, 11) is 0. The summed E-state index contributed by atoms with van der Waals surface area (Å²) in [5.74, 6) is -0.332. The molecule has 0 aromatic heterocycles. The number of non-ortho nitro benzene ring substituents is 2. The Morgan fingerprint density at radius 3 is 1.80 bits per heavy atom. The lowest BCUT2D eigenvalue weighted by Crippen LogP contribution is -1.94. The summed E-state index contributed by atoms with van der Waals surface area (Å²) in [5.41, 5.74) is -0.923. The predicted octanol–water partition coefficient (Wildman–Crippen LogP) is 3.43. The standard InChI is InChI=1S/C12H7FN2O5/c13-8-1-3-11(4-2-8)20-12-6-9(14(16)17)5-10(7-12)15(18)19/h1-7H. The minimum atomic E-state index is -0.759. The molecule has 0 heterocycles. The second-order valence-corrected chi connectivity index (χ2v) is 3.76. The van der Waals surface area contributed by atoms with Crippen LogP contribution in [0.4, 0.5) is 15.8 Å². The van der Waals surface area contributed by atoms with Gasteiger partial charge in [0.25, 0.3) is 11.4 Å². The van der Waals surface area contributed by atoms with Crippen molar-refractivity contribution < 1.29 is 19.0 Å². The van der Waals surface area contributed by atoms with Gasteiger partial charge in [0.15, 0.2) is 0 Å². The number of nitro benzene ring substituents is 2. The molecule has 102 valence electrons. The van der Waals surface area contributed by atoms with Crippen molar-refractivity contribution >= 4 is 11.4 Å². The number of benzene rings is 2. The lowest BCUT2D eigenvalue weighted by Gasteiger charge is -2.05. The third kappa shape index (κ3) is 3.05. The van der Waals surface area contributed by atoms with Gasteiger partial charge in [-0.3, -0.25) is 20.2 Å². The first-order chi connectivity index (χ1) is 9.45. The van der Waals surface area contributed by atoms with E-state index in [1.165, 1.54) is 12.1 Å². The Labute approximate surface area is 111 Å². The molecule has 7 nitrogen and oxygen atoms in total. The highest BCUT2D eigenvalue weighted by molar-refractivity contribution is 5.50. The van der Waals surface area contributed by atoms with Crippen molar-refractivity contribution in [1.82, 2.24) is 0 Å². The van der Waals surface area contributed by atoms with Gasteiger partial charge in [0.2, 0.25) is 0 Å². The van der Waals surface area contributed by atoms with E-state index in [1.807, 2.05) is 0 Å². The smallest absolute Gasteiger partial charge is 0.280 e. The van der Waals surface area contributed by atoms with E-state index in [2.05, 4.69) is 0 Å². The minimum absolute atomic E-state index is 0.0718. The Balaban J connectivity index is 2.37. The number of ether oxygens (including phenoxy) is 1. The van der Waals surface area contributed by atoms with Crippen LogP contribution in [0.3, 0.4) is 0 Å². The first-order valence-corrected chi connectivity index (χ1v) is 5.33. The van der Waals surface area contributed by atoms with Crippen LogP contribution < -0.4 is 4.74 Å². The van der Waals surface area contributed by atoms with Crippen LogP contribution in [0, 0.1) is 26.0 Å². The summed E-state index contributed by atoms with van der Waals surface area (Å²) >= 11 is 0. The van der Waals surface area contributed by atoms with Crippen LogP contribution in [-0.2, 0) is 0 Å². The first kappa shape index (κ1) is 13.4. The zero-order valence-corrected chi connectivity index (χ0v) is 9.86. The maximum atomic E-state index is 12.7. The highest BCUT2D eigenvalue weighted by Crippen LogP contribution is 2.30. The van der Waals surface area contributed by atoms with E-state index in [0.717, 1.165) is 30.3 Å². The van der Waals surface area contributed by atoms with Crippen LogP contribution in [0.5, 0.6) is 11.5 Å². The summed E-state index contributed by atoms with van der Waals surface area (Å²) in [5, 5.41) is 21.4. The van der Waals surface area contributed by atoms with Crippen molar-refractivity contribution in [2.24, 2.45) is 0 Å². The van der Waals surface area contributed by atoms with Gasteiger partial charge in [0.05, 0.1) is 28.0 Å². The van der Waals surface area contributed by atoms with Gasteiger partial charge in [-0.2, -0.15) is 0 Å². The molecule has 0 aliphatic rings. The molecular formula is C12H7FN2O5. The number of nitro groups is 2. The lowest BCUT2D eigenvalue weighted by molar-refractivity contribution is -0.394. The highest BCUT2D eigenvalue weighted by atomic mass is 19.1. The first-order valence-electron chi connectivity index (χ1n) is 5.33. The van der Waals surface area contributed by atoms with E-state index in [0.29, 0.717) is 0 Å². The maximum absolute atomic E-state index is 12.7. The molecule has 0 N–H and O–H groups in total. The second kappa shape index (κ2) is 5.31. The van der Waals surface area contributed by atoms with E-state index >= 15 is 0 Å². The average molecular weight is 278 g/mol. The SMILES string of the molecule is O=[N+]([O-])c1cc(Oc2ccc(F)cc2)cc([N+](=O)[O-])c1. The maximum Gasteiger partial charge on any atom is 0.280 e. The summed E-state index contributed by atoms with van der Waals surface area (Å²) in [6, 6.07) is 7.83. The third-order valence-corrected chi connectivity index (χ3v) is 2.35. The number of nitrogens with zero attached hydrogens (tertiary/aromatic N) is 2. The van der Waals surface area contributed by atoms with Crippen LogP contribution in [-0.4, -0.2) is 9.85 Å². The molecular weight excluding hydrogens is 271 g/mol. The molecule has 0 saturated carbocycles. The normalized spacial score (nSPS) is 10.1. The van der Waals surface area contributed by atoms with Gasteiger partial charge in [-0.15, -0.1) is 0 Å². The Morgan fingerprint density at radius 1 is 0.850 bits per heavy atom. The van der Waals surface area contributed by atoms with E-state index in [1.54, 1.807) is 0 Å². The summed E-state index contributed by atoms with van der Waals surface area (Å²) < 4.78 is 18.0. The van der Waals surface area contributed by atoms with Gasteiger partial charge in [0.1, 0.15) is 17.3 Å². The van der Waals surface area contributed by atoms with Gasteiger partial charge in [-0.05, 0) is 24.3 Å². The van der Waals surface area contributed by atoms with Crippen molar-refractivity contribution in [2.45, 2.75) is 0 Å². The van der Waals surface area contributed by atoms with Crippen LogP contribution in [0.25, 0.3) is 0 Å². The zero-order chi connectivity index (χ0) is 14.7. The summed E-state index contributed by atoms with van der Waals surface area (Å²) in [4.78, 5) is 19.9. The minimum Gasteiger partial charge on any atom is -0.457 e. The van der Waals surface area contributed by atoms with Crippen molar-refractivity contribution in [1.29, 1.82) is 0 Å². The van der Waals surface area contributed by atoms with Gasteiger partial charge in [0, 0.05) is 0 Å². The van der Waals surface area contributed by atoms with E-state index in [4.69, 9.17) is 4.74 Å². The molecule has 0 aliphatic carbocycles. The van der Waals surface area contributed by atoms with E-state index in [-0.39, 0.29) is 11.5 Å². The average Bonchev–Trinajstić information content (AvgIpc) is 2.41. The monoisotopic (exact) mass is 278 g/mol. The van der Waals surface area contributed by atoms with Crippen molar-refractivity contribution in [2.75, 3.05) is 0 Å².